The molecular formula is C19H22N6. The van der Waals surface area contributed by atoms with Gasteiger partial charge in [0.05, 0.1) is 0 Å². The van der Waals surface area contributed by atoms with E-state index in [1.165, 1.54) is 11.9 Å². The number of benzene rings is 1. The van der Waals surface area contributed by atoms with Crippen LogP contribution in [0, 0.1) is 6.92 Å². The Bertz CT molecular complexity index is 841. The maximum Gasteiger partial charge on any atom is 0.160 e. The Morgan fingerprint density at radius 2 is 1.56 bits per heavy atom. The molecule has 0 saturated heterocycles. The predicted octanol–water partition coefficient (Wildman–Crippen LogP) is 4.37. The van der Waals surface area contributed by atoms with E-state index in [9.17, 15) is 0 Å². The van der Waals surface area contributed by atoms with Crippen LogP contribution in [0.1, 0.15) is 30.9 Å². The van der Waals surface area contributed by atoms with Crippen molar-refractivity contribution < 1.29 is 0 Å². The number of pyridine rings is 1. The Hall–Kier alpha value is -3.15. The minimum atomic E-state index is 0.442. The molecule has 0 amide bonds. The molecule has 25 heavy (non-hydrogen) atoms. The monoisotopic (exact) mass is 334 g/mol. The molecule has 0 saturated carbocycles. The van der Waals surface area contributed by atoms with Crippen LogP contribution in [0.3, 0.4) is 0 Å². The third-order valence-electron chi connectivity index (χ3n) is 3.88. The fraction of sp³-hybridized carbons (Fsp3) is 0.211. The lowest BCUT2D eigenvalue weighted by molar-refractivity contribution is 0.867. The molecule has 3 aromatic rings. The van der Waals surface area contributed by atoms with Crippen molar-refractivity contribution in [3.8, 4) is 0 Å². The normalized spacial score (nSPS) is 10.7. The molecule has 0 aliphatic rings. The summed E-state index contributed by atoms with van der Waals surface area (Å²) in [7, 11) is 0. The molecule has 0 aliphatic carbocycles. The number of aromatic nitrogens is 3. The van der Waals surface area contributed by atoms with Crippen molar-refractivity contribution in [2.45, 2.75) is 26.7 Å². The summed E-state index contributed by atoms with van der Waals surface area (Å²) in [6, 6.07) is 12.1. The van der Waals surface area contributed by atoms with Crippen molar-refractivity contribution in [1.82, 2.24) is 15.0 Å². The molecule has 0 unspecified atom stereocenters. The van der Waals surface area contributed by atoms with E-state index in [1.807, 2.05) is 31.2 Å². The van der Waals surface area contributed by atoms with Crippen LogP contribution in [-0.4, -0.2) is 15.0 Å². The average molecular weight is 334 g/mol. The molecule has 6 heteroatoms. The van der Waals surface area contributed by atoms with Crippen LogP contribution in [0.5, 0.6) is 0 Å². The first kappa shape index (κ1) is 16.7. The molecule has 0 bridgehead atoms. The lowest BCUT2D eigenvalue weighted by Crippen LogP contribution is -2.06. The van der Waals surface area contributed by atoms with Crippen LogP contribution in [-0.2, 0) is 0 Å². The van der Waals surface area contributed by atoms with Gasteiger partial charge in [-0.05, 0) is 42.2 Å². The highest BCUT2D eigenvalue weighted by Gasteiger charge is 2.09. The first-order valence-corrected chi connectivity index (χ1v) is 8.20. The number of nitrogens with two attached hydrogens (primary N) is 1. The molecule has 4 N–H and O–H groups in total. The second-order valence-electron chi connectivity index (χ2n) is 6.23. The molecule has 0 aliphatic heterocycles. The quantitative estimate of drug-likeness (QED) is 0.642. The average Bonchev–Trinajstić information content (AvgIpc) is 2.61. The van der Waals surface area contributed by atoms with E-state index in [-0.39, 0.29) is 0 Å². The SMILES string of the molecule is Cc1ccc(Nc2ncnc(Nc3ccc(C(C)C)cc3)c2N)nc1. The second-order valence-corrected chi connectivity index (χ2v) is 6.23. The molecule has 2 aromatic heterocycles. The Labute approximate surface area is 147 Å². The van der Waals surface area contributed by atoms with Gasteiger partial charge in [-0.15, -0.1) is 0 Å². The van der Waals surface area contributed by atoms with Gasteiger partial charge in [0, 0.05) is 11.9 Å². The summed E-state index contributed by atoms with van der Waals surface area (Å²) >= 11 is 0. The van der Waals surface area contributed by atoms with Crippen molar-refractivity contribution in [2.24, 2.45) is 0 Å². The van der Waals surface area contributed by atoms with E-state index >= 15 is 0 Å². The number of nitrogens with zero attached hydrogens (tertiary/aromatic N) is 3. The van der Waals surface area contributed by atoms with Gasteiger partial charge in [0.15, 0.2) is 11.6 Å². The van der Waals surface area contributed by atoms with Crippen LogP contribution in [0.25, 0.3) is 0 Å². The first-order chi connectivity index (χ1) is 12.0. The van der Waals surface area contributed by atoms with Gasteiger partial charge in [0.2, 0.25) is 0 Å². The molecule has 0 fully saturated rings. The first-order valence-electron chi connectivity index (χ1n) is 8.20. The van der Waals surface area contributed by atoms with Gasteiger partial charge >= 0.3 is 0 Å². The summed E-state index contributed by atoms with van der Waals surface area (Å²) < 4.78 is 0. The summed E-state index contributed by atoms with van der Waals surface area (Å²) in [6.07, 6.45) is 3.26. The van der Waals surface area contributed by atoms with Gasteiger partial charge in [-0.2, -0.15) is 0 Å². The zero-order chi connectivity index (χ0) is 17.8. The van der Waals surface area contributed by atoms with E-state index in [1.54, 1.807) is 6.20 Å². The second kappa shape index (κ2) is 7.17. The number of aryl methyl sites for hydroxylation is 1. The van der Waals surface area contributed by atoms with Gasteiger partial charge in [0.25, 0.3) is 0 Å². The molecule has 2 heterocycles. The lowest BCUT2D eigenvalue weighted by Gasteiger charge is -2.13. The minimum absolute atomic E-state index is 0.442. The third kappa shape index (κ3) is 4.03. The summed E-state index contributed by atoms with van der Waals surface area (Å²) in [5.41, 5.74) is 9.95. The van der Waals surface area contributed by atoms with Crippen molar-refractivity contribution in [1.29, 1.82) is 0 Å². The highest BCUT2D eigenvalue weighted by Crippen LogP contribution is 2.28. The summed E-state index contributed by atoms with van der Waals surface area (Å²) in [5, 5.41) is 6.36. The maximum atomic E-state index is 6.21. The predicted molar refractivity (Wildman–Crippen MR) is 103 cm³/mol. The molecule has 0 radical (unpaired) electrons. The van der Waals surface area contributed by atoms with Gasteiger partial charge < -0.3 is 16.4 Å². The Morgan fingerprint density at radius 1 is 0.880 bits per heavy atom. The van der Waals surface area contributed by atoms with Crippen LogP contribution < -0.4 is 16.4 Å². The number of nitrogens with one attached hydrogen (secondary N) is 2. The number of nitrogen functional groups attached to an aromatic ring is 1. The van der Waals surface area contributed by atoms with Gasteiger partial charge in [-0.25, -0.2) is 15.0 Å². The van der Waals surface area contributed by atoms with Crippen LogP contribution in [0.15, 0.2) is 48.9 Å². The van der Waals surface area contributed by atoms with Gasteiger partial charge in [-0.3, -0.25) is 0 Å². The van der Waals surface area contributed by atoms with Gasteiger partial charge in [0.1, 0.15) is 17.8 Å². The zero-order valence-electron chi connectivity index (χ0n) is 14.6. The Balaban J connectivity index is 1.79. The highest BCUT2D eigenvalue weighted by molar-refractivity contribution is 5.79. The summed E-state index contributed by atoms with van der Waals surface area (Å²) in [6.45, 7) is 6.33. The van der Waals surface area contributed by atoms with E-state index in [2.05, 4.69) is 51.6 Å². The fourth-order valence-corrected chi connectivity index (χ4v) is 2.35. The van der Waals surface area contributed by atoms with Gasteiger partial charge in [-0.1, -0.05) is 32.0 Å². The molecular weight excluding hydrogens is 312 g/mol. The topological polar surface area (TPSA) is 88.8 Å². The number of hydrogen-bond acceptors (Lipinski definition) is 6. The van der Waals surface area contributed by atoms with Crippen LogP contribution in [0.2, 0.25) is 0 Å². The fourth-order valence-electron chi connectivity index (χ4n) is 2.35. The van der Waals surface area contributed by atoms with E-state index < -0.39 is 0 Å². The molecule has 1 aromatic carbocycles. The molecule has 3 rings (SSSR count). The Kier molecular flexibility index (Phi) is 4.79. The molecule has 0 atom stereocenters. The van der Waals surface area contributed by atoms with Crippen molar-refractivity contribution in [3.63, 3.8) is 0 Å². The smallest absolute Gasteiger partial charge is 0.160 e. The summed E-state index contributed by atoms with van der Waals surface area (Å²) in [5.74, 6) is 2.26. The largest absolute Gasteiger partial charge is 0.393 e. The molecule has 128 valence electrons. The maximum absolute atomic E-state index is 6.21. The Morgan fingerprint density at radius 3 is 2.16 bits per heavy atom. The zero-order valence-corrected chi connectivity index (χ0v) is 14.6. The number of anilines is 5. The van der Waals surface area contributed by atoms with E-state index in [0.29, 0.717) is 29.1 Å². The highest BCUT2D eigenvalue weighted by atomic mass is 15.1. The van der Waals surface area contributed by atoms with Crippen molar-refractivity contribution in [2.75, 3.05) is 16.4 Å². The number of rotatable bonds is 5. The molecule has 0 spiro atoms. The van der Waals surface area contributed by atoms with E-state index in [0.717, 1.165) is 11.3 Å². The third-order valence-corrected chi connectivity index (χ3v) is 3.88. The summed E-state index contributed by atoms with van der Waals surface area (Å²) in [4.78, 5) is 12.8. The van der Waals surface area contributed by atoms with E-state index in [4.69, 9.17) is 5.73 Å². The minimum Gasteiger partial charge on any atom is -0.393 e. The van der Waals surface area contributed by atoms with Crippen LogP contribution in [0.4, 0.5) is 28.8 Å². The molecule has 6 nitrogen and oxygen atoms in total. The van der Waals surface area contributed by atoms with Crippen molar-refractivity contribution >= 4 is 28.8 Å². The lowest BCUT2D eigenvalue weighted by atomic mass is 10.0. The van der Waals surface area contributed by atoms with Crippen LogP contribution >= 0.6 is 0 Å². The standard InChI is InChI=1S/C19H22N6/c1-12(2)14-5-7-15(8-6-14)24-18-17(20)19(23-11-22-18)25-16-9-4-13(3)10-21-16/h4-12H,20H2,1-3H3,(H2,21,22,23,24,25). The number of hydrogen-bond donors (Lipinski definition) is 3. The van der Waals surface area contributed by atoms with Crippen molar-refractivity contribution in [3.05, 3.63) is 60.0 Å².